The Balaban J connectivity index is 2.06. The largest absolute Gasteiger partial charge is 0.298 e. The van der Waals surface area contributed by atoms with Crippen LogP contribution in [0.1, 0.15) is 0 Å². The molecule has 0 saturated heterocycles. The maximum Gasteiger partial charge on any atom is 0.280 e. The highest BCUT2D eigenvalue weighted by atomic mass is 16.1. The molecule has 0 unspecified atom stereocenters. The zero-order chi connectivity index (χ0) is 13.9. The molecule has 0 atom stereocenters. The van der Waals surface area contributed by atoms with Crippen LogP contribution in [0.25, 0.3) is 18.5 Å². The van der Waals surface area contributed by atoms with E-state index in [1.54, 1.807) is 6.20 Å². The van der Waals surface area contributed by atoms with E-state index in [1.807, 2.05) is 30.3 Å². The average molecular weight is 268 g/mol. The van der Waals surface area contributed by atoms with Gasteiger partial charge < -0.3 is 0 Å². The predicted octanol–water partition coefficient (Wildman–Crippen LogP) is -0.851. The van der Waals surface area contributed by atoms with Crippen LogP contribution in [-0.4, -0.2) is 24.7 Å². The van der Waals surface area contributed by atoms with Crippen LogP contribution in [-0.2, 0) is 0 Å². The van der Waals surface area contributed by atoms with Gasteiger partial charge in [-0.1, -0.05) is 24.8 Å². The van der Waals surface area contributed by atoms with Gasteiger partial charge in [-0.15, -0.1) is 10.2 Å². The molecule has 0 spiro atoms. The van der Waals surface area contributed by atoms with Crippen LogP contribution >= 0.6 is 0 Å². The minimum atomic E-state index is -0.179. The maximum absolute atomic E-state index is 12.3. The molecule has 0 bridgehead atoms. The minimum absolute atomic E-state index is 0.179. The predicted molar refractivity (Wildman–Crippen MR) is 75.0 cm³/mol. The fraction of sp³-hybridized carbons (Fsp3) is 0. The zero-order valence-corrected chi connectivity index (χ0v) is 10.5. The maximum atomic E-state index is 12.3. The molecule has 0 fully saturated rings. The summed E-state index contributed by atoms with van der Waals surface area (Å²) in [5.74, 6) is 0. The van der Waals surface area contributed by atoms with Gasteiger partial charge in [0.05, 0.1) is 16.3 Å². The lowest BCUT2D eigenvalue weighted by Gasteiger charge is -1.99. The minimum Gasteiger partial charge on any atom is -0.298 e. The van der Waals surface area contributed by atoms with Gasteiger partial charge >= 0.3 is 0 Å². The van der Waals surface area contributed by atoms with E-state index in [1.165, 1.54) is 22.0 Å². The third-order valence-corrected chi connectivity index (χ3v) is 2.80. The van der Waals surface area contributed by atoms with Gasteiger partial charge in [-0.2, -0.15) is 0 Å². The van der Waals surface area contributed by atoms with Gasteiger partial charge in [0.2, 0.25) is 0 Å². The molecular formula is C13H12N6O. The lowest BCUT2D eigenvalue weighted by molar-refractivity contribution is 0.838. The third kappa shape index (κ3) is 2.12. The Bertz CT molecular complexity index is 860. The second-order valence-electron chi connectivity index (χ2n) is 4.12. The van der Waals surface area contributed by atoms with Crippen LogP contribution in [0, 0.1) is 0 Å². The van der Waals surface area contributed by atoms with Gasteiger partial charge in [-0.25, -0.2) is 9.36 Å². The molecule has 3 aromatic rings. The number of aromatic nitrogens is 5. The molecule has 7 heteroatoms. The number of aromatic amines is 1. The molecule has 3 rings (SSSR count). The first kappa shape index (κ1) is 12.0. The summed E-state index contributed by atoms with van der Waals surface area (Å²) >= 11 is 0. The van der Waals surface area contributed by atoms with Crippen molar-refractivity contribution < 1.29 is 0 Å². The number of nitrogens with zero attached hydrogens (tertiary/aromatic N) is 4. The van der Waals surface area contributed by atoms with Crippen molar-refractivity contribution in [3.05, 3.63) is 63.9 Å². The second-order valence-corrected chi connectivity index (χ2v) is 4.12. The molecule has 0 radical (unpaired) electrons. The summed E-state index contributed by atoms with van der Waals surface area (Å²) in [7, 11) is 0. The molecule has 100 valence electrons. The van der Waals surface area contributed by atoms with E-state index in [4.69, 9.17) is 0 Å². The standard InChI is InChI=1S/C13H12N6O/c1-10-12(7-16-18-8-14-15-9-18)13(20)19(17-10)11-5-3-2-4-6-11/h2-9,16-17H,1H2/b12-7-. The summed E-state index contributed by atoms with van der Waals surface area (Å²) in [5.41, 5.74) is 3.46. The van der Waals surface area contributed by atoms with Crippen LogP contribution in [0.4, 0.5) is 0 Å². The Labute approximate surface area is 113 Å². The van der Waals surface area contributed by atoms with Gasteiger partial charge in [0.1, 0.15) is 12.7 Å². The van der Waals surface area contributed by atoms with Crippen molar-refractivity contribution in [3.63, 3.8) is 0 Å². The molecule has 0 aliphatic rings. The van der Waals surface area contributed by atoms with Crippen LogP contribution in [0.5, 0.6) is 0 Å². The van der Waals surface area contributed by atoms with Crippen molar-refractivity contribution in [2.75, 3.05) is 5.43 Å². The second kappa shape index (κ2) is 4.88. The highest BCUT2D eigenvalue weighted by molar-refractivity contribution is 5.33. The lowest BCUT2D eigenvalue weighted by Crippen LogP contribution is -2.35. The Morgan fingerprint density at radius 1 is 1.20 bits per heavy atom. The first-order valence-corrected chi connectivity index (χ1v) is 5.92. The van der Waals surface area contributed by atoms with Gasteiger partial charge in [0.15, 0.2) is 0 Å². The van der Waals surface area contributed by atoms with E-state index in [-0.39, 0.29) is 5.56 Å². The summed E-state index contributed by atoms with van der Waals surface area (Å²) < 4.78 is 2.97. The first-order chi connectivity index (χ1) is 9.75. The van der Waals surface area contributed by atoms with E-state index in [9.17, 15) is 4.79 Å². The molecule has 20 heavy (non-hydrogen) atoms. The van der Waals surface area contributed by atoms with Crippen LogP contribution in [0.3, 0.4) is 0 Å². The van der Waals surface area contributed by atoms with E-state index >= 15 is 0 Å². The molecule has 2 aromatic heterocycles. The number of rotatable bonds is 3. The van der Waals surface area contributed by atoms with Crippen molar-refractivity contribution in [2.24, 2.45) is 0 Å². The highest BCUT2D eigenvalue weighted by Crippen LogP contribution is 1.99. The van der Waals surface area contributed by atoms with Gasteiger partial charge in [0, 0.05) is 6.20 Å². The summed E-state index contributed by atoms with van der Waals surface area (Å²) in [6, 6.07) is 9.31. The number of para-hydroxylation sites is 1. The van der Waals surface area contributed by atoms with Gasteiger partial charge in [0.25, 0.3) is 5.56 Å². The monoisotopic (exact) mass is 268 g/mol. The van der Waals surface area contributed by atoms with Crippen molar-refractivity contribution in [1.82, 2.24) is 24.7 Å². The average Bonchev–Trinajstić information content (AvgIpc) is 3.07. The quantitative estimate of drug-likeness (QED) is 0.648. The Kier molecular flexibility index (Phi) is 2.92. The normalized spacial score (nSPS) is 11.7. The van der Waals surface area contributed by atoms with Crippen molar-refractivity contribution in [2.45, 2.75) is 0 Å². The zero-order valence-electron chi connectivity index (χ0n) is 10.5. The number of H-pyrrole nitrogens is 1. The van der Waals surface area contributed by atoms with E-state index in [0.717, 1.165) is 5.69 Å². The molecule has 2 heterocycles. The topological polar surface area (TPSA) is 80.5 Å². The number of benzene rings is 1. The summed E-state index contributed by atoms with van der Waals surface area (Å²) in [6.07, 6.45) is 4.53. The Morgan fingerprint density at radius 2 is 1.90 bits per heavy atom. The lowest BCUT2D eigenvalue weighted by atomic mass is 10.3. The molecule has 0 amide bonds. The molecule has 1 aromatic carbocycles. The van der Waals surface area contributed by atoms with E-state index < -0.39 is 0 Å². The number of nitrogens with one attached hydrogen (secondary N) is 2. The molecular weight excluding hydrogens is 256 g/mol. The number of hydrogen-bond acceptors (Lipinski definition) is 4. The fourth-order valence-corrected chi connectivity index (χ4v) is 1.81. The smallest absolute Gasteiger partial charge is 0.280 e. The Hall–Kier alpha value is -3.09. The summed E-state index contributed by atoms with van der Waals surface area (Å²) in [5, 5.41) is 11.2. The fourth-order valence-electron chi connectivity index (χ4n) is 1.81. The highest BCUT2D eigenvalue weighted by Gasteiger charge is 2.03. The molecule has 0 aliphatic carbocycles. The van der Waals surface area contributed by atoms with Crippen LogP contribution in [0.2, 0.25) is 0 Å². The van der Waals surface area contributed by atoms with Crippen LogP contribution < -0.4 is 21.6 Å². The molecule has 7 nitrogen and oxygen atoms in total. The van der Waals surface area contributed by atoms with E-state index in [0.29, 0.717) is 10.6 Å². The van der Waals surface area contributed by atoms with Gasteiger partial charge in [-0.05, 0) is 12.1 Å². The SMILES string of the molecule is C=c1[nH]n(-c2ccccc2)c(=O)/c1=C\Nn1cnnc1. The van der Waals surface area contributed by atoms with E-state index in [2.05, 4.69) is 27.3 Å². The molecule has 0 aliphatic heterocycles. The van der Waals surface area contributed by atoms with Gasteiger partial charge in [-0.3, -0.25) is 15.3 Å². The molecule has 2 N–H and O–H groups in total. The third-order valence-electron chi connectivity index (χ3n) is 2.80. The van der Waals surface area contributed by atoms with Crippen molar-refractivity contribution in [3.8, 4) is 5.69 Å². The van der Waals surface area contributed by atoms with Crippen molar-refractivity contribution >= 4 is 12.8 Å². The Morgan fingerprint density at radius 3 is 2.60 bits per heavy atom. The first-order valence-electron chi connectivity index (χ1n) is 5.92. The number of hydrogen-bond donors (Lipinski definition) is 2. The van der Waals surface area contributed by atoms with Crippen molar-refractivity contribution in [1.29, 1.82) is 0 Å². The molecule has 0 saturated carbocycles. The summed E-state index contributed by atoms with van der Waals surface area (Å²) in [6.45, 7) is 3.84. The van der Waals surface area contributed by atoms with Crippen LogP contribution in [0.15, 0.2) is 47.8 Å². The summed E-state index contributed by atoms with van der Waals surface area (Å²) in [4.78, 5) is 12.3.